The number of ether oxygens (including phenoxy) is 1. The van der Waals surface area contributed by atoms with E-state index in [0.29, 0.717) is 12.6 Å². The summed E-state index contributed by atoms with van der Waals surface area (Å²) in [6, 6.07) is 12.8. The second-order valence-electron chi connectivity index (χ2n) is 7.38. The zero-order valence-corrected chi connectivity index (χ0v) is 17.8. The molecule has 2 N–H and O–H groups in total. The molecule has 1 unspecified atom stereocenters. The highest BCUT2D eigenvalue weighted by Gasteiger charge is 2.23. The van der Waals surface area contributed by atoms with Crippen molar-refractivity contribution in [3.8, 4) is 5.75 Å². The van der Waals surface area contributed by atoms with Gasteiger partial charge in [-0.15, -0.1) is 0 Å². The maximum Gasteiger partial charge on any atom is 0.191 e. The molecule has 3 rings (SSSR count). The molecule has 1 fully saturated rings. The highest BCUT2D eigenvalue weighted by molar-refractivity contribution is 5.79. The molecule has 0 amide bonds. The molecular weight excluding hydrogens is 362 g/mol. The first-order valence-corrected chi connectivity index (χ1v) is 10.5. The molecule has 1 aliphatic heterocycles. The van der Waals surface area contributed by atoms with Crippen LogP contribution in [0.4, 0.5) is 0 Å². The van der Waals surface area contributed by atoms with Crippen molar-refractivity contribution in [2.24, 2.45) is 4.99 Å². The molecule has 6 heteroatoms. The first kappa shape index (κ1) is 21.1. The fourth-order valence-electron chi connectivity index (χ4n) is 3.71. The van der Waals surface area contributed by atoms with E-state index in [2.05, 4.69) is 52.6 Å². The second kappa shape index (κ2) is 10.8. The summed E-state index contributed by atoms with van der Waals surface area (Å²) >= 11 is 0. The number of aromatic nitrogens is 1. The van der Waals surface area contributed by atoms with Gasteiger partial charge in [0.05, 0.1) is 25.4 Å². The van der Waals surface area contributed by atoms with Crippen molar-refractivity contribution in [3.63, 3.8) is 0 Å². The molecule has 1 aromatic carbocycles. The van der Waals surface area contributed by atoms with Crippen molar-refractivity contribution in [1.29, 1.82) is 0 Å². The third-order valence-corrected chi connectivity index (χ3v) is 5.39. The predicted molar refractivity (Wildman–Crippen MR) is 118 cm³/mol. The van der Waals surface area contributed by atoms with Gasteiger partial charge in [-0.25, -0.2) is 4.99 Å². The molecule has 2 heterocycles. The van der Waals surface area contributed by atoms with Gasteiger partial charge in [0.1, 0.15) is 5.75 Å². The van der Waals surface area contributed by atoms with Crippen LogP contribution in [0.2, 0.25) is 0 Å². The number of hydrogen-bond acceptors (Lipinski definition) is 4. The quantitative estimate of drug-likeness (QED) is 0.531. The van der Waals surface area contributed by atoms with Gasteiger partial charge in [-0.05, 0) is 69.1 Å². The zero-order valence-electron chi connectivity index (χ0n) is 17.8. The highest BCUT2D eigenvalue weighted by Crippen LogP contribution is 2.26. The number of nitrogens with zero attached hydrogens (tertiary/aromatic N) is 3. The number of aryl methyl sites for hydroxylation is 1. The van der Waals surface area contributed by atoms with E-state index in [1.807, 2.05) is 24.4 Å². The topological polar surface area (TPSA) is 61.8 Å². The summed E-state index contributed by atoms with van der Waals surface area (Å²) in [4.78, 5) is 11.8. The van der Waals surface area contributed by atoms with Crippen LogP contribution >= 0.6 is 0 Å². The molecule has 156 valence electrons. The Labute approximate surface area is 174 Å². The van der Waals surface area contributed by atoms with Crippen LogP contribution in [0.15, 0.2) is 47.6 Å². The Morgan fingerprint density at radius 1 is 1.17 bits per heavy atom. The number of nitrogens with one attached hydrogen (secondary N) is 2. The van der Waals surface area contributed by atoms with Gasteiger partial charge in [0, 0.05) is 19.3 Å². The van der Waals surface area contributed by atoms with Gasteiger partial charge >= 0.3 is 0 Å². The van der Waals surface area contributed by atoms with Crippen LogP contribution in [0, 0.1) is 6.92 Å². The molecule has 0 aliphatic carbocycles. The molecule has 0 bridgehead atoms. The Bertz CT molecular complexity index is 784. The van der Waals surface area contributed by atoms with Crippen molar-refractivity contribution >= 4 is 5.96 Å². The molecular formula is C23H33N5O. The zero-order chi connectivity index (χ0) is 20.5. The van der Waals surface area contributed by atoms with Crippen molar-refractivity contribution in [1.82, 2.24) is 20.5 Å². The van der Waals surface area contributed by atoms with Gasteiger partial charge in [-0.3, -0.25) is 9.88 Å². The maximum atomic E-state index is 5.32. The Morgan fingerprint density at radius 2 is 1.93 bits per heavy atom. The van der Waals surface area contributed by atoms with E-state index in [1.165, 1.54) is 24.0 Å². The van der Waals surface area contributed by atoms with Crippen LogP contribution in [-0.2, 0) is 6.54 Å². The lowest BCUT2D eigenvalue weighted by Gasteiger charge is -2.29. The van der Waals surface area contributed by atoms with Crippen LogP contribution in [0.25, 0.3) is 0 Å². The van der Waals surface area contributed by atoms with Crippen LogP contribution < -0.4 is 15.4 Å². The maximum absolute atomic E-state index is 5.32. The van der Waals surface area contributed by atoms with E-state index in [1.54, 1.807) is 7.11 Å². The second-order valence-corrected chi connectivity index (χ2v) is 7.38. The van der Waals surface area contributed by atoms with E-state index >= 15 is 0 Å². The monoisotopic (exact) mass is 395 g/mol. The molecule has 0 saturated carbocycles. The minimum absolute atomic E-state index is 0.309. The summed E-state index contributed by atoms with van der Waals surface area (Å²) in [5, 5.41) is 6.91. The minimum Gasteiger partial charge on any atom is -0.497 e. The predicted octanol–water partition coefficient (Wildman–Crippen LogP) is 3.29. The first-order chi connectivity index (χ1) is 14.2. The Kier molecular flexibility index (Phi) is 7.87. The Hall–Kier alpha value is -2.60. The molecule has 0 radical (unpaired) electrons. The third kappa shape index (κ3) is 5.94. The van der Waals surface area contributed by atoms with Gasteiger partial charge in [-0.1, -0.05) is 18.2 Å². The van der Waals surface area contributed by atoms with Crippen LogP contribution in [0.3, 0.4) is 0 Å². The molecule has 1 atom stereocenters. The van der Waals surface area contributed by atoms with Crippen molar-refractivity contribution in [2.45, 2.75) is 39.3 Å². The molecule has 1 aromatic heterocycles. The van der Waals surface area contributed by atoms with Gasteiger partial charge in [0.2, 0.25) is 0 Å². The molecule has 2 aromatic rings. The van der Waals surface area contributed by atoms with Crippen LogP contribution in [0.5, 0.6) is 5.75 Å². The molecule has 29 heavy (non-hydrogen) atoms. The minimum atomic E-state index is 0.309. The molecule has 0 spiro atoms. The summed E-state index contributed by atoms with van der Waals surface area (Å²) in [5.74, 6) is 1.72. The highest BCUT2D eigenvalue weighted by atomic mass is 16.5. The standard InChI is InChI=1S/C23H33N5O/c1-4-24-23(26-16-21-18(2)8-7-13-25-21)27-17-22(28-14-5-6-15-28)19-9-11-20(29-3)12-10-19/h7-13,22H,4-6,14-17H2,1-3H3,(H2,24,26,27). The van der Waals surface area contributed by atoms with E-state index in [9.17, 15) is 0 Å². The number of pyridine rings is 1. The van der Waals surface area contributed by atoms with Crippen molar-refractivity contribution < 1.29 is 4.74 Å². The Balaban J connectivity index is 1.71. The normalized spacial score (nSPS) is 15.9. The summed E-state index contributed by atoms with van der Waals surface area (Å²) in [6.45, 7) is 8.64. The van der Waals surface area contributed by atoms with Gasteiger partial charge < -0.3 is 15.4 Å². The van der Waals surface area contributed by atoms with Crippen molar-refractivity contribution in [3.05, 3.63) is 59.4 Å². The molecule has 1 aliphatic rings. The summed E-state index contributed by atoms with van der Waals surface area (Å²) in [7, 11) is 1.71. The van der Waals surface area contributed by atoms with Gasteiger partial charge in [-0.2, -0.15) is 0 Å². The average Bonchev–Trinajstić information content (AvgIpc) is 3.28. The number of methoxy groups -OCH3 is 1. The number of benzene rings is 1. The molecule has 1 saturated heterocycles. The van der Waals surface area contributed by atoms with Crippen LogP contribution in [-0.4, -0.2) is 49.1 Å². The third-order valence-electron chi connectivity index (χ3n) is 5.39. The van der Waals surface area contributed by atoms with E-state index in [0.717, 1.165) is 43.6 Å². The summed E-state index contributed by atoms with van der Waals surface area (Å²) in [6.07, 6.45) is 4.35. The lowest BCUT2D eigenvalue weighted by molar-refractivity contribution is 0.245. The number of likely N-dealkylation sites (tertiary alicyclic amines) is 1. The number of aliphatic imine (C=N–C) groups is 1. The summed E-state index contributed by atoms with van der Waals surface area (Å²) in [5.41, 5.74) is 3.48. The largest absolute Gasteiger partial charge is 0.497 e. The van der Waals surface area contributed by atoms with E-state index in [4.69, 9.17) is 9.73 Å². The first-order valence-electron chi connectivity index (χ1n) is 10.5. The Morgan fingerprint density at radius 3 is 2.59 bits per heavy atom. The van der Waals surface area contributed by atoms with E-state index in [-0.39, 0.29) is 0 Å². The van der Waals surface area contributed by atoms with Gasteiger partial charge in [0.15, 0.2) is 5.96 Å². The average molecular weight is 396 g/mol. The van der Waals surface area contributed by atoms with Crippen molar-refractivity contribution in [2.75, 3.05) is 33.3 Å². The lowest BCUT2D eigenvalue weighted by Crippen LogP contribution is -2.42. The number of hydrogen-bond donors (Lipinski definition) is 2. The number of rotatable bonds is 8. The van der Waals surface area contributed by atoms with Crippen LogP contribution in [0.1, 0.15) is 42.6 Å². The smallest absolute Gasteiger partial charge is 0.191 e. The fourth-order valence-corrected chi connectivity index (χ4v) is 3.71. The fraction of sp³-hybridized carbons (Fsp3) is 0.478. The molecule has 6 nitrogen and oxygen atoms in total. The van der Waals surface area contributed by atoms with E-state index < -0.39 is 0 Å². The summed E-state index contributed by atoms with van der Waals surface area (Å²) < 4.78 is 5.32. The number of guanidine groups is 1. The van der Waals surface area contributed by atoms with Gasteiger partial charge in [0.25, 0.3) is 0 Å². The lowest BCUT2D eigenvalue weighted by atomic mass is 10.1. The SMILES string of the molecule is CCNC(=NCc1ncccc1C)NCC(c1ccc(OC)cc1)N1CCCC1.